The number of ether oxygens (including phenoxy) is 2. The Morgan fingerprint density at radius 3 is 2.45 bits per heavy atom. The van der Waals surface area contributed by atoms with Crippen molar-refractivity contribution in [3.05, 3.63) is 58.1 Å². The standard InChI is InChI=1S/C15H15N3O4/c1-21-13-6-4-12(5-7-13)17-16-10-11-3-8-15(22-2)14(9-11)18(19)20/h3-10,17H,1-2H3/b16-10+. The molecule has 7 heteroatoms. The molecule has 1 N–H and O–H groups in total. The highest BCUT2D eigenvalue weighted by Gasteiger charge is 2.14. The summed E-state index contributed by atoms with van der Waals surface area (Å²) in [5.41, 5.74) is 4.10. The third-order valence-electron chi connectivity index (χ3n) is 2.90. The van der Waals surface area contributed by atoms with Crippen LogP contribution in [0.3, 0.4) is 0 Å². The first-order valence-corrected chi connectivity index (χ1v) is 6.39. The smallest absolute Gasteiger partial charge is 0.311 e. The lowest BCUT2D eigenvalue weighted by atomic mass is 10.2. The molecule has 0 atom stereocenters. The summed E-state index contributed by atoms with van der Waals surface area (Å²) in [6.45, 7) is 0. The quantitative estimate of drug-likeness (QED) is 0.503. The lowest BCUT2D eigenvalue weighted by Gasteiger charge is -2.03. The maximum atomic E-state index is 10.9. The van der Waals surface area contributed by atoms with Gasteiger partial charge in [0.15, 0.2) is 5.75 Å². The highest BCUT2D eigenvalue weighted by atomic mass is 16.6. The topological polar surface area (TPSA) is 86.0 Å². The summed E-state index contributed by atoms with van der Waals surface area (Å²) >= 11 is 0. The number of nitrogens with one attached hydrogen (secondary N) is 1. The van der Waals surface area contributed by atoms with E-state index in [1.165, 1.54) is 25.5 Å². The number of hydrazone groups is 1. The fraction of sp³-hybridized carbons (Fsp3) is 0.133. The molecule has 0 saturated heterocycles. The van der Waals surface area contributed by atoms with Gasteiger partial charge in [-0.25, -0.2) is 0 Å². The van der Waals surface area contributed by atoms with E-state index in [2.05, 4.69) is 10.5 Å². The fourth-order valence-electron chi connectivity index (χ4n) is 1.78. The van der Waals surface area contributed by atoms with E-state index in [1.54, 1.807) is 25.3 Å². The van der Waals surface area contributed by atoms with Gasteiger partial charge in [0, 0.05) is 11.6 Å². The van der Waals surface area contributed by atoms with Gasteiger partial charge in [-0.05, 0) is 36.4 Å². The third kappa shape index (κ3) is 3.72. The van der Waals surface area contributed by atoms with Crippen LogP contribution in [0.25, 0.3) is 0 Å². The molecule has 114 valence electrons. The van der Waals surface area contributed by atoms with Crippen LogP contribution in [0.1, 0.15) is 5.56 Å². The predicted octanol–water partition coefficient (Wildman–Crippen LogP) is 3.06. The number of anilines is 1. The molecule has 0 aliphatic carbocycles. The van der Waals surface area contributed by atoms with Gasteiger partial charge in [0.25, 0.3) is 0 Å². The first-order chi connectivity index (χ1) is 10.6. The van der Waals surface area contributed by atoms with E-state index in [0.717, 1.165) is 11.4 Å². The molecule has 0 saturated carbocycles. The highest BCUT2D eigenvalue weighted by molar-refractivity contribution is 5.82. The molecular formula is C15H15N3O4. The Labute approximate surface area is 127 Å². The minimum atomic E-state index is -0.493. The van der Waals surface area contributed by atoms with Crippen LogP contribution in [0.5, 0.6) is 11.5 Å². The first-order valence-electron chi connectivity index (χ1n) is 6.39. The number of nitro benzene ring substituents is 1. The van der Waals surface area contributed by atoms with Gasteiger partial charge in [-0.15, -0.1) is 0 Å². The summed E-state index contributed by atoms with van der Waals surface area (Å²) in [5, 5.41) is 15.0. The van der Waals surface area contributed by atoms with E-state index in [0.29, 0.717) is 5.56 Å². The van der Waals surface area contributed by atoms with Crippen LogP contribution in [-0.4, -0.2) is 25.4 Å². The molecule has 2 aromatic carbocycles. The zero-order valence-electron chi connectivity index (χ0n) is 12.1. The van der Waals surface area contributed by atoms with Crippen molar-refractivity contribution in [2.24, 2.45) is 5.10 Å². The second-order valence-corrected chi connectivity index (χ2v) is 4.29. The van der Waals surface area contributed by atoms with Crippen LogP contribution in [0.15, 0.2) is 47.6 Å². The molecule has 0 heterocycles. The zero-order chi connectivity index (χ0) is 15.9. The average molecular weight is 301 g/mol. The van der Waals surface area contributed by atoms with Crippen LogP contribution in [0.2, 0.25) is 0 Å². The Morgan fingerprint density at radius 2 is 1.86 bits per heavy atom. The van der Waals surface area contributed by atoms with Crippen LogP contribution < -0.4 is 14.9 Å². The maximum absolute atomic E-state index is 10.9. The Morgan fingerprint density at radius 1 is 1.14 bits per heavy atom. The summed E-state index contributed by atoms with van der Waals surface area (Å²) in [7, 11) is 2.98. The molecule has 2 aromatic rings. The van der Waals surface area contributed by atoms with Gasteiger partial charge in [0.2, 0.25) is 0 Å². The van der Waals surface area contributed by atoms with E-state index in [9.17, 15) is 10.1 Å². The number of hydrogen-bond acceptors (Lipinski definition) is 6. The van der Waals surface area contributed by atoms with Gasteiger partial charge >= 0.3 is 5.69 Å². The second kappa shape index (κ2) is 7.07. The van der Waals surface area contributed by atoms with Gasteiger partial charge < -0.3 is 9.47 Å². The van der Waals surface area contributed by atoms with E-state index in [1.807, 2.05) is 12.1 Å². The Balaban J connectivity index is 2.09. The normalized spacial score (nSPS) is 10.5. The lowest BCUT2D eigenvalue weighted by Crippen LogP contribution is -1.96. The van der Waals surface area contributed by atoms with E-state index < -0.39 is 4.92 Å². The van der Waals surface area contributed by atoms with Gasteiger partial charge in [0.05, 0.1) is 31.0 Å². The molecule has 2 rings (SSSR count). The molecule has 0 spiro atoms. The van der Waals surface area contributed by atoms with Crippen molar-refractivity contribution in [2.45, 2.75) is 0 Å². The number of nitrogens with zero attached hydrogens (tertiary/aromatic N) is 2. The van der Waals surface area contributed by atoms with Crippen molar-refractivity contribution in [3.63, 3.8) is 0 Å². The minimum absolute atomic E-state index is 0.101. The summed E-state index contributed by atoms with van der Waals surface area (Å²) in [6.07, 6.45) is 1.50. The highest BCUT2D eigenvalue weighted by Crippen LogP contribution is 2.26. The molecular weight excluding hydrogens is 286 g/mol. The summed E-state index contributed by atoms with van der Waals surface area (Å²) in [6, 6.07) is 11.8. The Kier molecular flexibility index (Phi) is 4.92. The summed E-state index contributed by atoms with van der Waals surface area (Å²) in [5.74, 6) is 0.963. The molecule has 0 aliphatic heterocycles. The molecule has 0 aromatic heterocycles. The van der Waals surface area contributed by atoms with Crippen molar-refractivity contribution in [3.8, 4) is 11.5 Å². The van der Waals surface area contributed by atoms with Gasteiger partial charge in [-0.2, -0.15) is 5.10 Å². The Bertz CT molecular complexity index is 684. The largest absolute Gasteiger partial charge is 0.497 e. The fourth-order valence-corrected chi connectivity index (χ4v) is 1.78. The number of rotatable bonds is 6. The van der Waals surface area contributed by atoms with Crippen molar-refractivity contribution in [1.29, 1.82) is 0 Å². The van der Waals surface area contributed by atoms with Crippen LogP contribution in [0.4, 0.5) is 11.4 Å². The zero-order valence-corrected chi connectivity index (χ0v) is 12.1. The molecule has 0 unspecified atom stereocenters. The van der Waals surface area contributed by atoms with Crippen molar-refractivity contribution >= 4 is 17.6 Å². The van der Waals surface area contributed by atoms with Crippen LogP contribution in [-0.2, 0) is 0 Å². The van der Waals surface area contributed by atoms with Crippen molar-refractivity contribution < 1.29 is 14.4 Å². The minimum Gasteiger partial charge on any atom is -0.497 e. The third-order valence-corrected chi connectivity index (χ3v) is 2.90. The summed E-state index contributed by atoms with van der Waals surface area (Å²) in [4.78, 5) is 10.4. The maximum Gasteiger partial charge on any atom is 0.311 e. The second-order valence-electron chi connectivity index (χ2n) is 4.29. The van der Waals surface area contributed by atoms with Gasteiger partial charge in [0.1, 0.15) is 5.75 Å². The van der Waals surface area contributed by atoms with Gasteiger partial charge in [-0.1, -0.05) is 0 Å². The molecule has 0 amide bonds. The van der Waals surface area contributed by atoms with Crippen LogP contribution in [0, 0.1) is 10.1 Å². The number of benzene rings is 2. The predicted molar refractivity (Wildman–Crippen MR) is 83.9 cm³/mol. The number of methoxy groups -OCH3 is 2. The lowest BCUT2D eigenvalue weighted by molar-refractivity contribution is -0.385. The van der Waals surface area contributed by atoms with E-state index in [4.69, 9.17) is 9.47 Å². The molecule has 0 radical (unpaired) electrons. The first kappa shape index (κ1) is 15.3. The molecule has 0 aliphatic rings. The SMILES string of the molecule is COc1ccc(N/N=C/c2ccc(OC)c([N+](=O)[O-])c2)cc1. The number of hydrogen-bond donors (Lipinski definition) is 1. The molecule has 7 nitrogen and oxygen atoms in total. The average Bonchev–Trinajstić information content (AvgIpc) is 2.55. The number of nitro groups is 1. The van der Waals surface area contributed by atoms with Crippen molar-refractivity contribution in [2.75, 3.05) is 19.6 Å². The van der Waals surface area contributed by atoms with E-state index >= 15 is 0 Å². The molecule has 0 fully saturated rings. The van der Waals surface area contributed by atoms with Crippen molar-refractivity contribution in [1.82, 2.24) is 0 Å². The molecule has 22 heavy (non-hydrogen) atoms. The van der Waals surface area contributed by atoms with E-state index in [-0.39, 0.29) is 11.4 Å². The summed E-state index contributed by atoms with van der Waals surface area (Å²) < 4.78 is 10.0. The van der Waals surface area contributed by atoms with Crippen LogP contribution >= 0.6 is 0 Å². The molecule has 0 bridgehead atoms. The Hall–Kier alpha value is -3.09. The monoisotopic (exact) mass is 301 g/mol. The van der Waals surface area contributed by atoms with Gasteiger partial charge in [-0.3, -0.25) is 15.5 Å².